The molecule has 0 aromatic heterocycles. The summed E-state index contributed by atoms with van der Waals surface area (Å²) in [5.74, 6) is -0.832. The summed E-state index contributed by atoms with van der Waals surface area (Å²) in [4.78, 5) is 26.8. The van der Waals surface area contributed by atoms with Gasteiger partial charge in [-0.2, -0.15) is 0 Å². The maximum Gasteiger partial charge on any atom is 0.312 e. The molecule has 1 heterocycles. The molecule has 0 radical (unpaired) electrons. The first kappa shape index (κ1) is 14.5. The zero-order chi connectivity index (χ0) is 14.7. The van der Waals surface area contributed by atoms with Crippen LogP contribution in [0.15, 0.2) is 24.3 Å². The van der Waals surface area contributed by atoms with Crippen LogP contribution < -0.4 is 5.32 Å². The number of aryl methyl sites for hydroxylation is 1. The van der Waals surface area contributed by atoms with Crippen LogP contribution in [0.3, 0.4) is 0 Å². The summed E-state index contributed by atoms with van der Waals surface area (Å²) in [6, 6.07) is 8.25. The molecule has 1 saturated heterocycles. The van der Waals surface area contributed by atoms with Gasteiger partial charge in [0.05, 0.1) is 0 Å². The van der Waals surface area contributed by atoms with Crippen molar-refractivity contribution in [3.8, 4) is 0 Å². The van der Waals surface area contributed by atoms with Crippen molar-refractivity contribution >= 4 is 11.8 Å². The standard InChI is InChI=1S/C15H21N3O2/c1-11-4-6-12(7-5-11)13(16-2)10-18-9-8-17(3)14(19)15(18)20/h4-7,13,16H,8-10H2,1-3H3. The smallest absolute Gasteiger partial charge is 0.312 e. The van der Waals surface area contributed by atoms with Gasteiger partial charge in [-0.05, 0) is 19.5 Å². The molecule has 1 atom stereocenters. The highest BCUT2D eigenvalue weighted by atomic mass is 16.2. The van der Waals surface area contributed by atoms with Crippen molar-refractivity contribution < 1.29 is 9.59 Å². The number of benzene rings is 1. The van der Waals surface area contributed by atoms with Gasteiger partial charge in [-0.25, -0.2) is 0 Å². The second-order valence-electron chi connectivity index (χ2n) is 5.23. The lowest BCUT2D eigenvalue weighted by Crippen LogP contribution is -2.54. The van der Waals surface area contributed by atoms with E-state index in [0.29, 0.717) is 19.6 Å². The Bertz CT molecular complexity index is 498. The van der Waals surface area contributed by atoms with Crippen LogP contribution in [0, 0.1) is 6.92 Å². The fraction of sp³-hybridized carbons (Fsp3) is 0.467. The Labute approximate surface area is 119 Å². The Morgan fingerprint density at radius 3 is 2.40 bits per heavy atom. The maximum absolute atomic E-state index is 12.0. The van der Waals surface area contributed by atoms with Crippen molar-refractivity contribution in [1.82, 2.24) is 15.1 Å². The Hall–Kier alpha value is -1.88. The van der Waals surface area contributed by atoms with Crippen LogP contribution in [0.25, 0.3) is 0 Å². The number of amides is 2. The number of piperazine rings is 1. The van der Waals surface area contributed by atoms with Gasteiger partial charge < -0.3 is 15.1 Å². The van der Waals surface area contributed by atoms with Gasteiger partial charge in [-0.15, -0.1) is 0 Å². The van der Waals surface area contributed by atoms with Gasteiger partial charge in [0.15, 0.2) is 0 Å². The second kappa shape index (κ2) is 6.05. The zero-order valence-corrected chi connectivity index (χ0v) is 12.2. The van der Waals surface area contributed by atoms with E-state index in [-0.39, 0.29) is 6.04 Å². The van der Waals surface area contributed by atoms with E-state index >= 15 is 0 Å². The molecule has 1 unspecified atom stereocenters. The molecule has 2 amide bonds. The summed E-state index contributed by atoms with van der Waals surface area (Å²) in [6.07, 6.45) is 0. The van der Waals surface area contributed by atoms with Gasteiger partial charge in [0, 0.05) is 32.7 Å². The van der Waals surface area contributed by atoms with Crippen LogP contribution in [0.4, 0.5) is 0 Å². The average Bonchev–Trinajstić information content (AvgIpc) is 2.45. The number of rotatable bonds is 4. The highest BCUT2D eigenvalue weighted by Gasteiger charge is 2.31. The van der Waals surface area contributed by atoms with Gasteiger partial charge in [0.2, 0.25) is 0 Å². The van der Waals surface area contributed by atoms with Gasteiger partial charge in [-0.1, -0.05) is 29.8 Å². The number of hydrogen-bond donors (Lipinski definition) is 1. The molecule has 5 heteroatoms. The number of likely N-dealkylation sites (N-methyl/N-ethyl adjacent to an activating group) is 2. The summed E-state index contributed by atoms with van der Waals surface area (Å²) in [5, 5.41) is 3.21. The zero-order valence-electron chi connectivity index (χ0n) is 12.2. The van der Waals surface area contributed by atoms with E-state index in [9.17, 15) is 9.59 Å². The molecule has 1 fully saturated rings. The molecular formula is C15H21N3O2. The van der Waals surface area contributed by atoms with E-state index < -0.39 is 11.8 Å². The molecule has 108 valence electrons. The third-order valence-corrected chi connectivity index (χ3v) is 3.75. The number of carbonyl (C=O) groups excluding carboxylic acids is 2. The number of nitrogens with zero attached hydrogens (tertiary/aromatic N) is 2. The summed E-state index contributed by atoms with van der Waals surface area (Å²) >= 11 is 0. The third-order valence-electron chi connectivity index (χ3n) is 3.75. The summed E-state index contributed by atoms with van der Waals surface area (Å²) in [5.41, 5.74) is 2.33. The Balaban J connectivity index is 2.08. The normalized spacial score (nSPS) is 17.6. The molecule has 20 heavy (non-hydrogen) atoms. The van der Waals surface area contributed by atoms with E-state index in [4.69, 9.17) is 0 Å². The van der Waals surface area contributed by atoms with Crippen LogP contribution in [-0.2, 0) is 9.59 Å². The van der Waals surface area contributed by atoms with E-state index in [1.165, 1.54) is 10.5 Å². The van der Waals surface area contributed by atoms with Crippen molar-refractivity contribution in [3.63, 3.8) is 0 Å². The molecule has 1 aromatic carbocycles. The predicted molar refractivity (Wildman–Crippen MR) is 77.2 cm³/mol. The van der Waals surface area contributed by atoms with Crippen LogP contribution in [0.2, 0.25) is 0 Å². The van der Waals surface area contributed by atoms with E-state index in [2.05, 4.69) is 29.6 Å². The topological polar surface area (TPSA) is 52.6 Å². The van der Waals surface area contributed by atoms with Gasteiger partial charge in [0.1, 0.15) is 0 Å². The van der Waals surface area contributed by atoms with Crippen molar-refractivity contribution in [2.75, 3.05) is 33.7 Å². The molecular weight excluding hydrogens is 254 g/mol. The highest BCUT2D eigenvalue weighted by molar-refractivity contribution is 6.35. The van der Waals surface area contributed by atoms with Crippen molar-refractivity contribution in [3.05, 3.63) is 35.4 Å². The quantitative estimate of drug-likeness (QED) is 0.817. The van der Waals surface area contributed by atoms with E-state index in [1.54, 1.807) is 11.9 Å². The fourth-order valence-corrected chi connectivity index (χ4v) is 2.33. The monoisotopic (exact) mass is 275 g/mol. The lowest BCUT2D eigenvalue weighted by atomic mass is 10.0. The predicted octanol–water partition coefficient (Wildman–Crippen LogP) is 0.556. The first-order chi connectivity index (χ1) is 9.52. The Morgan fingerprint density at radius 1 is 1.15 bits per heavy atom. The van der Waals surface area contributed by atoms with E-state index in [0.717, 1.165) is 5.56 Å². The average molecular weight is 275 g/mol. The van der Waals surface area contributed by atoms with Crippen molar-refractivity contribution in [2.45, 2.75) is 13.0 Å². The van der Waals surface area contributed by atoms with Gasteiger partial charge >= 0.3 is 11.8 Å². The van der Waals surface area contributed by atoms with E-state index in [1.807, 2.05) is 14.0 Å². The fourth-order valence-electron chi connectivity index (χ4n) is 2.33. The molecule has 1 N–H and O–H groups in total. The lowest BCUT2D eigenvalue weighted by Gasteiger charge is -2.34. The molecule has 0 aliphatic carbocycles. The number of nitrogens with one attached hydrogen (secondary N) is 1. The van der Waals surface area contributed by atoms with Gasteiger partial charge in [0.25, 0.3) is 0 Å². The second-order valence-corrected chi connectivity index (χ2v) is 5.23. The number of hydrogen-bond acceptors (Lipinski definition) is 3. The molecule has 5 nitrogen and oxygen atoms in total. The Morgan fingerprint density at radius 2 is 1.80 bits per heavy atom. The van der Waals surface area contributed by atoms with Crippen LogP contribution in [0.1, 0.15) is 17.2 Å². The number of carbonyl (C=O) groups is 2. The molecule has 1 aliphatic rings. The highest BCUT2D eigenvalue weighted by Crippen LogP contribution is 2.16. The molecule has 0 saturated carbocycles. The minimum Gasteiger partial charge on any atom is -0.336 e. The lowest BCUT2D eigenvalue weighted by molar-refractivity contribution is -0.155. The van der Waals surface area contributed by atoms with Crippen LogP contribution in [-0.4, -0.2) is 55.3 Å². The molecule has 0 spiro atoms. The van der Waals surface area contributed by atoms with Crippen LogP contribution in [0.5, 0.6) is 0 Å². The minimum atomic E-state index is -0.421. The summed E-state index contributed by atoms with van der Waals surface area (Å²) < 4.78 is 0. The summed E-state index contributed by atoms with van der Waals surface area (Å²) in [7, 11) is 3.53. The first-order valence-corrected chi connectivity index (χ1v) is 6.81. The molecule has 1 aliphatic heterocycles. The Kier molecular flexibility index (Phi) is 4.39. The summed E-state index contributed by atoms with van der Waals surface area (Å²) in [6.45, 7) is 3.73. The molecule has 0 bridgehead atoms. The minimum absolute atomic E-state index is 0.0377. The molecule has 2 rings (SSSR count). The molecule has 1 aromatic rings. The van der Waals surface area contributed by atoms with Gasteiger partial charge in [-0.3, -0.25) is 9.59 Å². The van der Waals surface area contributed by atoms with Crippen molar-refractivity contribution in [1.29, 1.82) is 0 Å². The maximum atomic E-state index is 12.0. The van der Waals surface area contributed by atoms with Crippen molar-refractivity contribution in [2.24, 2.45) is 0 Å². The van der Waals surface area contributed by atoms with Crippen LogP contribution >= 0.6 is 0 Å². The third kappa shape index (κ3) is 2.99. The first-order valence-electron chi connectivity index (χ1n) is 6.81. The largest absolute Gasteiger partial charge is 0.336 e. The SMILES string of the molecule is CNC(CN1CCN(C)C(=O)C1=O)c1ccc(C)cc1.